The number of pyridine rings is 1. The number of nitrogens with zero attached hydrogens (tertiary/aromatic N) is 4. The number of H-pyrrole nitrogens is 1. The molecule has 0 saturated carbocycles. The summed E-state index contributed by atoms with van der Waals surface area (Å²) in [7, 11) is 0. The molecule has 1 saturated heterocycles. The number of nitrogens with one attached hydrogen (secondary N) is 1. The first-order valence-corrected chi connectivity index (χ1v) is 12.7. The average molecular weight is 474 g/mol. The summed E-state index contributed by atoms with van der Waals surface area (Å²) in [4.78, 5) is 22.5. The third kappa shape index (κ3) is 4.45. The number of fused-ring (bicyclic) bond motifs is 2. The van der Waals surface area contributed by atoms with Crippen LogP contribution in [0.2, 0.25) is 0 Å². The van der Waals surface area contributed by atoms with Gasteiger partial charge < -0.3 is 15.0 Å². The summed E-state index contributed by atoms with van der Waals surface area (Å²) in [5.41, 5.74) is 8.07. The van der Waals surface area contributed by atoms with E-state index in [1.54, 1.807) is 6.92 Å². The molecule has 1 fully saturated rings. The summed E-state index contributed by atoms with van der Waals surface area (Å²) in [5.74, 6) is 1.61. The van der Waals surface area contributed by atoms with Gasteiger partial charge in [-0.1, -0.05) is 19.9 Å². The highest BCUT2D eigenvalue weighted by atomic mass is 16.3. The van der Waals surface area contributed by atoms with E-state index in [1.807, 2.05) is 16.3 Å². The number of carbonyl (C=O) groups is 1. The molecule has 0 unspecified atom stereocenters. The summed E-state index contributed by atoms with van der Waals surface area (Å²) in [6, 6.07) is 8.99. The van der Waals surface area contributed by atoms with Gasteiger partial charge in [0.25, 0.3) is 0 Å². The fourth-order valence-corrected chi connectivity index (χ4v) is 5.55. The Balaban J connectivity index is 1.48. The SMILES string of the molecule is Cc1nc2c(C)cc(-c3[nH]c4ccc(C5CCN(C(=O)C[C@@H](C)O)CC5)cc4c3C(C)C)cn2n1. The number of aromatic amines is 1. The number of amides is 1. The van der Waals surface area contributed by atoms with E-state index < -0.39 is 6.10 Å². The van der Waals surface area contributed by atoms with Crippen molar-refractivity contribution in [2.75, 3.05) is 13.1 Å². The monoisotopic (exact) mass is 473 g/mol. The van der Waals surface area contributed by atoms with Crippen LogP contribution >= 0.6 is 0 Å². The van der Waals surface area contributed by atoms with Gasteiger partial charge >= 0.3 is 0 Å². The van der Waals surface area contributed by atoms with E-state index in [2.05, 4.69) is 66.3 Å². The lowest BCUT2D eigenvalue weighted by atomic mass is 9.87. The van der Waals surface area contributed by atoms with Crippen LogP contribution in [0.4, 0.5) is 0 Å². The maximum Gasteiger partial charge on any atom is 0.225 e. The molecule has 0 bridgehead atoms. The lowest BCUT2D eigenvalue weighted by Gasteiger charge is -2.32. The van der Waals surface area contributed by atoms with Crippen molar-refractivity contribution in [3.63, 3.8) is 0 Å². The molecule has 0 aliphatic carbocycles. The lowest BCUT2D eigenvalue weighted by molar-refractivity contribution is -0.134. The fourth-order valence-electron chi connectivity index (χ4n) is 5.55. The normalized spacial score (nSPS) is 16.0. The van der Waals surface area contributed by atoms with Crippen LogP contribution in [0.3, 0.4) is 0 Å². The maximum atomic E-state index is 12.3. The van der Waals surface area contributed by atoms with Crippen LogP contribution in [0.5, 0.6) is 0 Å². The van der Waals surface area contributed by atoms with E-state index in [4.69, 9.17) is 0 Å². The first-order chi connectivity index (χ1) is 16.7. The zero-order valence-electron chi connectivity index (χ0n) is 21.3. The van der Waals surface area contributed by atoms with Gasteiger partial charge in [-0.15, -0.1) is 0 Å². The number of aromatic nitrogens is 4. The molecule has 5 rings (SSSR count). The molecule has 1 aliphatic rings. The van der Waals surface area contributed by atoms with Gasteiger partial charge in [0.2, 0.25) is 5.91 Å². The second-order valence-corrected chi connectivity index (χ2v) is 10.4. The number of aliphatic hydroxyl groups is 1. The Labute approximate surface area is 206 Å². The third-order valence-electron chi connectivity index (χ3n) is 7.24. The van der Waals surface area contributed by atoms with Crippen LogP contribution < -0.4 is 0 Å². The Bertz CT molecular complexity index is 1390. The van der Waals surface area contributed by atoms with Crippen molar-refractivity contribution in [3.05, 3.63) is 53.0 Å². The lowest BCUT2D eigenvalue weighted by Crippen LogP contribution is -2.39. The molecule has 1 atom stereocenters. The highest BCUT2D eigenvalue weighted by Gasteiger charge is 2.25. The Kier molecular flexibility index (Phi) is 6.13. The van der Waals surface area contributed by atoms with Crippen LogP contribution in [0, 0.1) is 13.8 Å². The molecule has 7 nitrogen and oxygen atoms in total. The Morgan fingerprint density at radius 3 is 2.60 bits per heavy atom. The van der Waals surface area contributed by atoms with E-state index >= 15 is 0 Å². The quantitative estimate of drug-likeness (QED) is 0.422. The zero-order chi connectivity index (χ0) is 24.9. The van der Waals surface area contributed by atoms with Crippen molar-refractivity contribution >= 4 is 22.5 Å². The van der Waals surface area contributed by atoms with Crippen molar-refractivity contribution in [1.29, 1.82) is 0 Å². The van der Waals surface area contributed by atoms with Crippen molar-refractivity contribution in [1.82, 2.24) is 24.5 Å². The van der Waals surface area contributed by atoms with Gasteiger partial charge in [0.1, 0.15) is 5.82 Å². The van der Waals surface area contributed by atoms with Crippen molar-refractivity contribution in [2.24, 2.45) is 0 Å². The van der Waals surface area contributed by atoms with Gasteiger partial charge in [0.15, 0.2) is 5.65 Å². The van der Waals surface area contributed by atoms with Gasteiger partial charge in [-0.25, -0.2) is 9.50 Å². The molecule has 4 heterocycles. The van der Waals surface area contributed by atoms with Crippen LogP contribution in [0.25, 0.3) is 27.8 Å². The van der Waals surface area contributed by atoms with Crippen LogP contribution in [-0.4, -0.2) is 54.7 Å². The second kappa shape index (κ2) is 9.11. The van der Waals surface area contributed by atoms with Crippen molar-refractivity contribution in [2.45, 2.75) is 71.8 Å². The van der Waals surface area contributed by atoms with Crippen molar-refractivity contribution < 1.29 is 9.90 Å². The summed E-state index contributed by atoms with van der Waals surface area (Å²) >= 11 is 0. The van der Waals surface area contributed by atoms with Gasteiger partial charge in [0.05, 0.1) is 18.2 Å². The number of hydrogen-bond donors (Lipinski definition) is 2. The Morgan fingerprint density at radius 1 is 1.17 bits per heavy atom. The number of benzene rings is 1. The molecule has 0 spiro atoms. The van der Waals surface area contributed by atoms with Crippen molar-refractivity contribution in [3.8, 4) is 11.3 Å². The Morgan fingerprint density at radius 2 is 1.91 bits per heavy atom. The molecule has 2 N–H and O–H groups in total. The number of aliphatic hydroxyl groups excluding tert-OH is 1. The molecule has 1 amide bonds. The van der Waals surface area contributed by atoms with E-state index in [0.29, 0.717) is 11.8 Å². The number of piperidine rings is 1. The minimum atomic E-state index is -0.585. The topological polar surface area (TPSA) is 86.5 Å². The molecule has 184 valence electrons. The zero-order valence-corrected chi connectivity index (χ0v) is 21.3. The van der Waals surface area contributed by atoms with Crippen LogP contribution in [-0.2, 0) is 4.79 Å². The van der Waals surface area contributed by atoms with E-state index in [-0.39, 0.29) is 12.3 Å². The maximum absolute atomic E-state index is 12.3. The highest BCUT2D eigenvalue weighted by Crippen LogP contribution is 2.38. The molecule has 1 aliphatic heterocycles. The first kappa shape index (κ1) is 23.5. The van der Waals surface area contributed by atoms with Crippen LogP contribution in [0.15, 0.2) is 30.5 Å². The van der Waals surface area contributed by atoms with Gasteiger partial charge in [0, 0.05) is 35.8 Å². The van der Waals surface area contributed by atoms with Gasteiger partial charge in [-0.05, 0) is 80.3 Å². The molecule has 4 aromatic rings. The van der Waals surface area contributed by atoms with Gasteiger partial charge in [-0.3, -0.25) is 4.79 Å². The third-order valence-corrected chi connectivity index (χ3v) is 7.24. The summed E-state index contributed by atoms with van der Waals surface area (Å²) in [5, 5.41) is 15.4. The standard InChI is InChI=1S/C28H35N5O2/c1-16(2)26-23-14-21(20-8-10-32(11-9-20)25(35)13-18(4)34)6-7-24(23)30-27(26)22-12-17(3)28-29-19(5)31-33(28)15-22/h6-7,12,14-16,18,20,30,34H,8-11,13H2,1-5H3/t18-/m1/s1. The number of hydrogen-bond acceptors (Lipinski definition) is 4. The van der Waals surface area contributed by atoms with E-state index in [9.17, 15) is 9.90 Å². The molecular weight excluding hydrogens is 438 g/mol. The summed E-state index contributed by atoms with van der Waals surface area (Å²) in [6.07, 6.45) is 3.59. The molecule has 7 heteroatoms. The predicted molar refractivity (Wildman–Crippen MR) is 139 cm³/mol. The van der Waals surface area contributed by atoms with E-state index in [0.717, 1.165) is 59.7 Å². The largest absolute Gasteiger partial charge is 0.393 e. The average Bonchev–Trinajstić information content (AvgIpc) is 3.38. The number of rotatable bonds is 5. The predicted octanol–water partition coefficient (Wildman–Crippen LogP) is 5.09. The minimum absolute atomic E-state index is 0.0566. The van der Waals surface area contributed by atoms with E-state index in [1.165, 1.54) is 16.5 Å². The molecule has 0 radical (unpaired) electrons. The molecular formula is C28H35N5O2. The fraction of sp³-hybridized carbons (Fsp3) is 0.464. The number of likely N-dealkylation sites (tertiary alicyclic amines) is 1. The van der Waals surface area contributed by atoms with Gasteiger partial charge in [-0.2, -0.15) is 5.10 Å². The summed E-state index contributed by atoms with van der Waals surface area (Å²) < 4.78 is 1.88. The molecule has 35 heavy (non-hydrogen) atoms. The molecule has 1 aromatic carbocycles. The molecule has 3 aromatic heterocycles. The second-order valence-electron chi connectivity index (χ2n) is 10.4. The highest BCUT2D eigenvalue weighted by molar-refractivity contribution is 5.92. The number of aryl methyl sites for hydroxylation is 2. The Hall–Kier alpha value is -3.19. The number of carbonyl (C=O) groups excluding carboxylic acids is 1. The first-order valence-electron chi connectivity index (χ1n) is 12.7. The smallest absolute Gasteiger partial charge is 0.225 e. The van der Waals surface area contributed by atoms with Crippen LogP contribution in [0.1, 0.15) is 74.4 Å². The minimum Gasteiger partial charge on any atom is -0.393 e. The summed E-state index contributed by atoms with van der Waals surface area (Å²) in [6.45, 7) is 11.7.